The molecule has 0 saturated carbocycles. The molecule has 1 N–H and O–H groups in total. The van der Waals surface area contributed by atoms with Crippen LogP contribution < -0.4 is 5.32 Å². The van der Waals surface area contributed by atoms with Gasteiger partial charge in [-0.1, -0.05) is 30.3 Å². The van der Waals surface area contributed by atoms with Crippen molar-refractivity contribution in [3.05, 3.63) is 90.3 Å². The summed E-state index contributed by atoms with van der Waals surface area (Å²) in [5.41, 5.74) is 2.73. The summed E-state index contributed by atoms with van der Waals surface area (Å²) in [4.78, 5) is 24.6. The Hall–Kier alpha value is -3.93. The summed E-state index contributed by atoms with van der Waals surface area (Å²) >= 11 is 0. The van der Waals surface area contributed by atoms with Crippen molar-refractivity contribution in [1.82, 2.24) is 9.78 Å². The normalized spacial score (nSPS) is 10.6. The minimum Gasteiger partial charge on any atom is -0.463 e. The number of hydrogen-bond donors (Lipinski definition) is 1. The van der Waals surface area contributed by atoms with Crippen molar-refractivity contribution >= 4 is 17.4 Å². The van der Waals surface area contributed by atoms with Crippen LogP contribution in [0.2, 0.25) is 0 Å². The van der Waals surface area contributed by atoms with E-state index in [9.17, 15) is 9.59 Å². The van der Waals surface area contributed by atoms with Gasteiger partial charge in [0.1, 0.15) is 11.4 Å². The molecule has 2 aromatic heterocycles. The zero-order chi connectivity index (χ0) is 19.5. The van der Waals surface area contributed by atoms with E-state index in [1.165, 1.54) is 6.92 Å². The molecule has 0 atom stereocenters. The van der Waals surface area contributed by atoms with Crippen molar-refractivity contribution in [2.24, 2.45) is 0 Å². The van der Waals surface area contributed by atoms with Gasteiger partial charge in [0.25, 0.3) is 5.91 Å². The standard InChI is InChI=1S/C22H17N3O3/c1-15(26)16-7-5-8-17(13-16)23-22(27)20-14-19(21-11-6-12-28-21)24-25(20)18-9-3-2-4-10-18/h2-14H,1H3,(H,23,27). The predicted molar refractivity (Wildman–Crippen MR) is 106 cm³/mol. The van der Waals surface area contributed by atoms with Crippen molar-refractivity contribution in [3.8, 4) is 17.1 Å². The van der Waals surface area contributed by atoms with Gasteiger partial charge >= 0.3 is 0 Å². The number of hydrogen-bond acceptors (Lipinski definition) is 4. The number of carbonyl (C=O) groups excluding carboxylic acids is 2. The Morgan fingerprint density at radius 2 is 1.79 bits per heavy atom. The van der Waals surface area contributed by atoms with E-state index in [0.717, 1.165) is 5.69 Å². The van der Waals surface area contributed by atoms with Crippen LogP contribution in [-0.4, -0.2) is 21.5 Å². The van der Waals surface area contributed by atoms with Crippen LogP contribution in [0.25, 0.3) is 17.1 Å². The zero-order valence-electron chi connectivity index (χ0n) is 15.1. The third kappa shape index (κ3) is 3.48. The minimum atomic E-state index is -0.338. The molecule has 1 amide bonds. The summed E-state index contributed by atoms with van der Waals surface area (Å²) in [6.07, 6.45) is 1.56. The van der Waals surface area contributed by atoms with E-state index in [1.807, 2.05) is 30.3 Å². The van der Waals surface area contributed by atoms with E-state index in [-0.39, 0.29) is 11.7 Å². The largest absolute Gasteiger partial charge is 0.463 e. The highest BCUT2D eigenvalue weighted by Crippen LogP contribution is 2.23. The molecule has 0 bridgehead atoms. The van der Waals surface area contributed by atoms with Crippen molar-refractivity contribution in [3.63, 3.8) is 0 Å². The number of benzene rings is 2. The number of ketones is 1. The highest BCUT2D eigenvalue weighted by molar-refractivity contribution is 6.05. The van der Waals surface area contributed by atoms with Crippen molar-refractivity contribution < 1.29 is 14.0 Å². The quantitative estimate of drug-likeness (QED) is 0.521. The van der Waals surface area contributed by atoms with Crippen molar-refractivity contribution in [2.75, 3.05) is 5.32 Å². The second-order valence-electron chi connectivity index (χ2n) is 6.23. The van der Waals surface area contributed by atoms with Gasteiger partial charge in [0, 0.05) is 17.3 Å². The molecule has 2 heterocycles. The Bertz CT molecular complexity index is 1130. The SMILES string of the molecule is CC(=O)c1cccc(NC(=O)c2cc(-c3ccco3)nn2-c2ccccc2)c1. The van der Waals surface area contributed by atoms with Crippen LogP contribution in [-0.2, 0) is 0 Å². The third-order valence-electron chi connectivity index (χ3n) is 4.24. The number of aromatic nitrogens is 2. The van der Waals surface area contributed by atoms with E-state index in [0.29, 0.717) is 28.4 Å². The Morgan fingerprint density at radius 1 is 0.964 bits per heavy atom. The number of amides is 1. The average molecular weight is 371 g/mol. The maximum Gasteiger partial charge on any atom is 0.274 e. The monoisotopic (exact) mass is 371 g/mol. The number of furan rings is 1. The first-order valence-corrected chi connectivity index (χ1v) is 8.73. The van der Waals surface area contributed by atoms with Gasteiger partial charge in [0.05, 0.1) is 12.0 Å². The van der Waals surface area contributed by atoms with Gasteiger partial charge < -0.3 is 9.73 Å². The Balaban J connectivity index is 1.72. The van der Waals surface area contributed by atoms with Crippen molar-refractivity contribution in [1.29, 1.82) is 0 Å². The summed E-state index contributed by atoms with van der Waals surface area (Å²) in [6, 6.07) is 21.4. The molecule has 2 aromatic carbocycles. The second kappa shape index (κ2) is 7.36. The lowest BCUT2D eigenvalue weighted by atomic mass is 10.1. The fourth-order valence-electron chi connectivity index (χ4n) is 2.86. The number of para-hydroxylation sites is 1. The molecule has 0 unspecified atom stereocenters. The van der Waals surface area contributed by atoms with Crippen LogP contribution in [0.3, 0.4) is 0 Å². The lowest BCUT2D eigenvalue weighted by Gasteiger charge is -2.09. The van der Waals surface area contributed by atoms with Crippen LogP contribution in [0, 0.1) is 0 Å². The summed E-state index contributed by atoms with van der Waals surface area (Å²) < 4.78 is 6.99. The Labute approximate surface area is 161 Å². The molecule has 4 aromatic rings. The summed E-state index contributed by atoms with van der Waals surface area (Å²) in [7, 11) is 0. The fraction of sp³-hybridized carbons (Fsp3) is 0.0455. The van der Waals surface area contributed by atoms with Gasteiger partial charge in [-0.05, 0) is 43.3 Å². The lowest BCUT2D eigenvalue weighted by Crippen LogP contribution is -2.17. The lowest BCUT2D eigenvalue weighted by molar-refractivity contribution is 0.100. The molecular formula is C22H17N3O3. The van der Waals surface area contributed by atoms with Crippen LogP contribution in [0.4, 0.5) is 5.69 Å². The number of carbonyl (C=O) groups is 2. The first-order valence-electron chi connectivity index (χ1n) is 8.73. The third-order valence-corrected chi connectivity index (χ3v) is 4.24. The van der Waals surface area contributed by atoms with Crippen LogP contribution >= 0.6 is 0 Å². The molecule has 0 aliphatic rings. The molecule has 28 heavy (non-hydrogen) atoms. The molecule has 0 fully saturated rings. The predicted octanol–water partition coefficient (Wildman–Crippen LogP) is 4.59. The van der Waals surface area contributed by atoms with Gasteiger partial charge in [0.15, 0.2) is 11.5 Å². The molecule has 0 aliphatic heterocycles. The molecule has 0 radical (unpaired) electrons. The average Bonchev–Trinajstić information content (AvgIpc) is 3.38. The Morgan fingerprint density at radius 3 is 2.50 bits per heavy atom. The first-order chi connectivity index (χ1) is 13.6. The number of anilines is 1. The van der Waals surface area contributed by atoms with Crippen molar-refractivity contribution in [2.45, 2.75) is 6.92 Å². The fourth-order valence-corrected chi connectivity index (χ4v) is 2.86. The molecule has 4 rings (SSSR count). The van der Waals surface area contributed by atoms with Gasteiger partial charge in [0.2, 0.25) is 0 Å². The maximum absolute atomic E-state index is 13.0. The maximum atomic E-state index is 13.0. The van der Waals surface area contributed by atoms with E-state index in [2.05, 4.69) is 10.4 Å². The highest BCUT2D eigenvalue weighted by atomic mass is 16.3. The first kappa shape index (κ1) is 17.5. The number of nitrogens with one attached hydrogen (secondary N) is 1. The van der Waals surface area contributed by atoms with Crippen LogP contribution in [0.5, 0.6) is 0 Å². The molecule has 0 aliphatic carbocycles. The van der Waals surface area contributed by atoms with E-state index in [1.54, 1.807) is 53.4 Å². The van der Waals surface area contributed by atoms with Gasteiger partial charge in [-0.25, -0.2) is 4.68 Å². The second-order valence-corrected chi connectivity index (χ2v) is 6.23. The molecule has 0 spiro atoms. The molecular weight excluding hydrogens is 354 g/mol. The smallest absolute Gasteiger partial charge is 0.274 e. The van der Waals surface area contributed by atoms with Gasteiger partial charge in [-0.2, -0.15) is 5.10 Å². The summed E-state index contributed by atoms with van der Waals surface area (Å²) in [5.74, 6) is 0.169. The van der Waals surface area contributed by atoms with Crippen LogP contribution in [0.1, 0.15) is 27.8 Å². The van der Waals surface area contributed by atoms with Gasteiger partial charge in [-0.15, -0.1) is 0 Å². The van der Waals surface area contributed by atoms with E-state index in [4.69, 9.17) is 4.42 Å². The molecule has 138 valence electrons. The van der Waals surface area contributed by atoms with E-state index < -0.39 is 0 Å². The minimum absolute atomic E-state index is 0.0643. The molecule has 0 saturated heterocycles. The summed E-state index contributed by atoms with van der Waals surface area (Å²) in [6.45, 7) is 1.49. The van der Waals surface area contributed by atoms with E-state index >= 15 is 0 Å². The number of rotatable bonds is 5. The zero-order valence-corrected chi connectivity index (χ0v) is 15.1. The summed E-state index contributed by atoms with van der Waals surface area (Å²) in [5, 5.41) is 7.38. The molecule has 6 heteroatoms. The number of nitrogens with zero attached hydrogens (tertiary/aromatic N) is 2. The van der Waals surface area contributed by atoms with Crippen LogP contribution in [0.15, 0.2) is 83.5 Å². The highest BCUT2D eigenvalue weighted by Gasteiger charge is 2.19. The Kier molecular flexibility index (Phi) is 4.60. The number of Topliss-reactive ketones (excluding diaryl/α,β-unsaturated/α-hetero) is 1. The molecule has 6 nitrogen and oxygen atoms in total. The topological polar surface area (TPSA) is 77.1 Å². The van der Waals surface area contributed by atoms with Gasteiger partial charge in [-0.3, -0.25) is 9.59 Å².